The summed E-state index contributed by atoms with van der Waals surface area (Å²) < 4.78 is 6.51. The van der Waals surface area contributed by atoms with Crippen molar-refractivity contribution in [3.63, 3.8) is 0 Å². The number of anilines is 1. The summed E-state index contributed by atoms with van der Waals surface area (Å²) in [6.45, 7) is 0. The van der Waals surface area contributed by atoms with Crippen molar-refractivity contribution in [3.8, 4) is 0 Å². The standard InChI is InChI=1S/C32H27N2S4/c1-33-29(37-27-9-7-25-23(31(27)33)11-13-35-25)17-19-3-5-21-6-4-20(16-22(21)15-19)18-30-34(2)32-24-12-14-36-26(24)8-10-28(32)38-30/h7-18,21H,3-6H2,1-2H3/q+1. The molecule has 0 saturated heterocycles. The van der Waals surface area contributed by atoms with Crippen molar-refractivity contribution in [1.82, 2.24) is 0 Å². The zero-order chi connectivity index (χ0) is 25.4. The Labute approximate surface area is 238 Å². The van der Waals surface area contributed by atoms with Gasteiger partial charge in [0.2, 0.25) is 5.52 Å². The Morgan fingerprint density at radius 2 is 1.63 bits per heavy atom. The zero-order valence-electron chi connectivity index (χ0n) is 21.4. The van der Waals surface area contributed by atoms with Gasteiger partial charge in [-0.25, -0.2) is 0 Å². The predicted molar refractivity (Wildman–Crippen MR) is 169 cm³/mol. The molecule has 38 heavy (non-hydrogen) atoms. The van der Waals surface area contributed by atoms with E-state index in [1.165, 1.54) is 93.4 Å². The number of hydrogen-bond donors (Lipinski definition) is 0. The first-order valence-corrected chi connectivity index (χ1v) is 16.6. The lowest BCUT2D eigenvalue weighted by atomic mass is 9.77. The van der Waals surface area contributed by atoms with Gasteiger partial charge >= 0.3 is 0 Å². The topological polar surface area (TPSA) is 7.12 Å². The van der Waals surface area contributed by atoms with Crippen molar-refractivity contribution < 1.29 is 4.57 Å². The van der Waals surface area contributed by atoms with E-state index in [0.29, 0.717) is 5.92 Å². The number of rotatable bonds is 2. The zero-order valence-corrected chi connectivity index (χ0v) is 24.6. The number of allylic oxidation sites excluding steroid dienone is 6. The van der Waals surface area contributed by atoms with Gasteiger partial charge in [0.15, 0.2) is 0 Å². The molecule has 0 N–H and O–H groups in total. The van der Waals surface area contributed by atoms with E-state index in [9.17, 15) is 0 Å². The minimum atomic E-state index is 0.701. The van der Waals surface area contributed by atoms with Gasteiger partial charge in [-0.05, 0) is 102 Å². The molecule has 0 fully saturated rings. The molecular formula is C32H27N2S4+. The molecule has 1 aliphatic heterocycles. The van der Waals surface area contributed by atoms with Crippen LogP contribution < -0.4 is 9.47 Å². The second-order valence-corrected chi connectivity index (χ2v) is 14.5. The Kier molecular flexibility index (Phi) is 5.48. The molecule has 1 atom stereocenters. The molecule has 8 rings (SSSR count). The first-order chi connectivity index (χ1) is 18.6. The van der Waals surface area contributed by atoms with Gasteiger partial charge in [0.05, 0.1) is 16.1 Å². The molecule has 3 aromatic heterocycles. The van der Waals surface area contributed by atoms with Crippen LogP contribution in [0.3, 0.4) is 0 Å². The van der Waals surface area contributed by atoms with Gasteiger partial charge in [-0.15, -0.1) is 22.7 Å². The van der Waals surface area contributed by atoms with E-state index in [1.54, 1.807) is 0 Å². The molecule has 0 saturated carbocycles. The van der Waals surface area contributed by atoms with E-state index in [0.717, 1.165) is 0 Å². The number of fused-ring (bicyclic) bond motifs is 7. The lowest BCUT2D eigenvalue weighted by Gasteiger charge is -2.28. The lowest BCUT2D eigenvalue weighted by Crippen LogP contribution is -2.29. The average Bonchev–Trinajstić information content (AvgIpc) is 3.70. The number of aromatic nitrogens is 1. The molecule has 0 amide bonds. The van der Waals surface area contributed by atoms with Gasteiger partial charge in [-0.3, -0.25) is 0 Å². The predicted octanol–water partition coefficient (Wildman–Crippen LogP) is 9.68. The maximum Gasteiger partial charge on any atom is 0.262 e. The highest BCUT2D eigenvalue weighted by molar-refractivity contribution is 8.03. The van der Waals surface area contributed by atoms with E-state index < -0.39 is 0 Å². The minimum absolute atomic E-state index is 0.701. The van der Waals surface area contributed by atoms with Crippen LogP contribution in [0.2, 0.25) is 0 Å². The Morgan fingerprint density at radius 1 is 0.868 bits per heavy atom. The summed E-state index contributed by atoms with van der Waals surface area (Å²) in [5, 5.41) is 9.85. The van der Waals surface area contributed by atoms with Gasteiger partial charge in [0.1, 0.15) is 11.7 Å². The fraction of sp³-hybridized carbons (Fsp3) is 0.219. The Bertz CT molecular complexity index is 1890. The van der Waals surface area contributed by atoms with Crippen LogP contribution >= 0.6 is 45.8 Å². The maximum atomic E-state index is 2.49. The first-order valence-electron chi connectivity index (χ1n) is 13.2. The third-order valence-electron chi connectivity index (χ3n) is 8.26. The lowest BCUT2D eigenvalue weighted by molar-refractivity contribution is -0.641. The number of thiazole rings is 1. The second kappa shape index (κ2) is 8.95. The first kappa shape index (κ1) is 23.3. The maximum absolute atomic E-state index is 2.49. The van der Waals surface area contributed by atoms with E-state index in [4.69, 9.17) is 0 Å². The van der Waals surface area contributed by atoms with Crippen LogP contribution in [-0.4, -0.2) is 7.05 Å². The van der Waals surface area contributed by atoms with Crippen LogP contribution in [0.1, 0.15) is 30.7 Å². The molecule has 2 nitrogen and oxygen atoms in total. The van der Waals surface area contributed by atoms with Gasteiger partial charge in [0.25, 0.3) is 5.01 Å². The van der Waals surface area contributed by atoms with Crippen LogP contribution in [0.4, 0.5) is 5.69 Å². The van der Waals surface area contributed by atoms with Crippen LogP contribution in [-0.2, 0) is 7.05 Å². The molecule has 1 unspecified atom stereocenters. The molecule has 0 radical (unpaired) electrons. The third-order valence-corrected chi connectivity index (χ3v) is 12.3. The molecular weight excluding hydrogens is 541 g/mol. The van der Waals surface area contributed by atoms with Gasteiger partial charge < -0.3 is 4.90 Å². The average molecular weight is 568 g/mol. The molecule has 2 aliphatic carbocycles. The Morgan fingerprint density at radius 3 is 2.53 bits per heavy atom. The van der Waals surface area contributed by atoms with Crippen LogP contribution in [0.5, 0.6) is 0 Å². The number of nitrogens with zero attached hydrogens (tertiary/aromatic N) is 2. The van der Waals surface area contributed by atoms with Crippen LogP contribution in [0.25, 0.3) is 36.5 Å². The van der Waals surface area contributed by atoms with Gasteiger partial charge in [-0.1, -0.05) is 35.3 Å². The number of benzene rings is 2. The fourth-order valence-corrected chi connectivity index (χ4v) is 10.1. The molecule has 2 aromatic carbocycles. The van der Waals surface area contributed by atoms with Crippen molar-refractivity contribution in [1.29, 1.82) is 0 Å². The summed E-state index contributed by atoms with van der Waals surface area (Å²) in [7, 11) is 4.45. The van der Waals surface area contributed by atoms with Gasteiger partial charge in [0, 0.05) is 32.8 Å². The summed E-state index contributed by atoms with van der Waals surface area (Å²) in [4.78, 5) is 3.77. The van der Waals surface area contributed by atoms with Gasteiger partial charge in [-0.2, -0.15) is 4.57 Å². The number of hydrogen-bond acceptors (Lipinski definition) is 5. The highest BCUT2D eigenvalue weighted by Gasteiger charge is 2.27. The molecule has 0 bridgehead atoms. The molecule has 3 aliphatic rings. The van der Waals surface area contributed by atoms with E-state index >= 15 is 0 Å². The summed E-state index contributed by atoms with van der Waals surface area (Å²) in [5.41, 5.74) is 7.18. The van der Waals surface area contributed by atoms with Crippen molar-refractivity contribution >= 4 is 87.9 Å². The SMILES string of the molecule is CN1C(=CC2=CC3=CC(=Cc4sc5ccc6sccc6c5[n+]4C)CCC3CC2)Sc2ccc3sccc3c21. The quantitative estimate of drug-likeness (QED) is 0.196. The van der Waals surface area contributed by atoms with Crippen molar-refractivity contribution in [2.45, 2.75) is 30.6 Å². The fourth-order valence-electron chi connectivity index (χ4n) is 6.26. The van der Waals surface area contributed by atoms with Crippen molar-refractivity contribution in [3.05, 3.63) is 92.1 Å². The number of aryl methyl sites for hydroxylation is 1. The molecule has 5 aromatic rings. The van der Waals surface area contributed by atoms with Crippen molar-refractivity contribution in [2.75, 3.05) is 11.9 Å². The van der Waals surface area contributed by atoms with E-state index in [1.807, 2.05) is 45.8 Å². The Hall–Kier alpha value is -2.64. The van der Waals surface area contributed by atoms with Crippen LogP contribution in [0, 0.1) is 5.92 Å². The minimum Gasteiger partial charge on any atom is -0.338 e. The monoisotopic (exact) mass is 567 g/mol. The van der Waals surface area contributed by atoms with E-state index in [2.05, 4.69) is 95.0 Å². The number of thioether (sulfide) groups is 1. The number of thiophene rings is 2. The van der Waals surface area contributed by atoms with Crippen LogP contribution in [0.15, 0.2) is 92.0 Å². The molecule has 188 valence electrons. The summed E-state index contributed by atoms with van der Waals surface area (Å²) in [6.07, 6.45) is 14.7. The van der Waals surface area contributed by atoms with Crippen molar-refractivity contribution in [2.24, 2.45) is 13.0 Å². The smallest absolute Gasteiger partial charge is 0.262 e. The molecule has 0 spiro atoms. The Balaban J connectivity index is 1.13. The summed E-state index contributed by atoms with van der Waals surface area (Å²) in [5.74, 6) is 0.701. The highest BCUT2D eigenvalue weighted by Crippen LogP contribution is 2.50. The summed E-state index contributed by atoms with van der Waals surface area (Å²) >= 11 is 7.48. The normalized spacial score (nSPS) is 21.5. The molecule has 6 heteroatoms. The highest BCUT2D eigenvalue weighted by atomic mass is 32.2. The summed E-state index contributed by atoms with van der Waals surface area (Å²) in [6, 6.07) is 13.7. The second-order valence-electron chi connectivity index (χ2n) is 10.5. The molecule has 4 heterocycles. The largest absolute Gasteiger partial charge is 0.338 e. The van der Waals surface area contributed by atoms with E-state index in [-0.39, 0.29) is 0 Å². The third kappa shape index (κ3) is 3.69.